The summed E-state index contributed by atoms with van der Waals surface area (Å²) in [7, 11) is -7.09. The smallest absolute Gasteiger partial charge is 0.341 e. The Balaban J connectivity index is 0.000000216. The molecule has 16 heteroatoms. The Morgan fingerprint density at radius 2 is 1.38 bits per heavy atom. The Morgan fingerprint density at radius 1 is 0.897 bits per heavy atom. The van der Waals surface area contributed by atoms with Crippen LogP contribution in [0.2, 0.25) is 5.02 Å². The molecule has 4 rings (SSSR count). The van der Waals surface area contributed by atoms with Crippen LogP contribution in [0, 0.1) is 17.3 Å². The first-order chi connectivity index (χ1) is 18.1. The van der Waals surface area contributed by atoms with Crippen molar-refractivity contribution in [1.29, 1.82) is 5.26 Å². The van der Waals surface area contributed by atoms with Gasteiger partial charge < -0.3 is 4.74 Å². The number of hydrogen-bond acceptors (Lipinski definition) is 8. The summed E-state index contributed by atoms with van der Waals surface area (Å²) in [6.07, 6.45) is 1.56. The summed E-state index contributed by atoms with van der Waals surface area (Å²) in [6, 6.07) is 7.10. The quantitative estimate of drug-likeness (QED) is 0.486. The van der Waals surface area contributed by atoms with Crippen molar-refractivity contribution in [2.24, 2.45) is 0 Å². The van der Waals surface area contributed by atoms with Crippen molar-refractivity contribution in [2.45, 2.75) is 39.8 Å². The molecule has 2 aromatic rings. The summed E-state index contributed by atoms with van der Waals surface area (Å²) in [5.41, 5.74) is -0.257. The molecule has 0 N–H and O–H groups in total. The number of benzene rings is 2. The number of carbonyl (C=O) groups is 2. The number of hydrogen-bond donors (Lipinski definition) is 0. The molecule has 2 heterocycles. The van der Waals surface area contributed by atoms with Crippen LogP contribution in [0.3, 0.4) is 0 Å². The lowest BCUT2D eigenvalue weighted by atomic mass is 10.1. The van der Waals surface area contributed by atoms with Gasteiger partial charge in [-0.05, 0) is 52.0 Å². The molecule has 0 aliphatic carbocycles. The van der Waals surface area contributed by atoms with E-state index in [0.29, 0.717) is 8.61 Å². The van der Waals surface area contributed by atoms with Crippen molar-refractivity contribution >= 4 is 55.2 Å². The number of amides is 2. The van der Waals surface area contributed by atoms with E-state index >= 15 is 0 Å². The number of methoxy groups -OCH3 is 1. The third-order valence-corrected chi connectivity index (χ3v) is 9.61. The summed E-state index contributed by atoms with van der Waals surface area (Å²) >= 11 is 5.91. The molecule has 0 fully saturated rings. The Morgan fingerprint density at radius 3 is 1.87 bits per heavy atom. The standard InChI is InChI=1S/C12H15FN2O4S.C11H10ClN3O3S/c1-8(2)15-12(16)9-5-4-6-10(13)11(9)14(7-19-3)20(15,17)18;1-7(2)15-11(16)8-4-3-5-9(12)10(8)14(6-13)19(15,17)18/h4-6,8H,7H2,1-3H3;3-5,7H,1-2H3. The Labute approximate surface area is 231 Å². The number of rotatable bonds is 4. The molecule has 2 amide bonds. The van der Waals surface area contributed by atoms with Crippen molar-refractivity contribution in [3.05, 3.63) is 58.4 Å². The molecule has 2 aliphatic heterocycles. The summed E-state index contributed by atoms with van der Waals surface area (Å²) in [6.45, 7) is 5.89. The molecule has 0 bridgehead atoms. The number of fused-ring (bicyclic) bond motifs is 2. The maximum absolute atomic E-state index is 14.0. The highest BCUT2D eigenvalue weighted by Gasteiger charge is 2.45. The van der Waals surface area contributed by atoms with Crippen molar-refractivity contribution in [2.75, 3.05) is 22.5 Å². The van der Waals surface area contributed by atoms with E-state index in [1.165, 1.54) is 37.4 Å². The minimum absolute atomic E-state index is 0.00516. The van der Waals surface area contributed by atoms with Crippen LogP contribution in [-0.4, -0.2) is 63.2 Å². The van der Waals surface area contributed by atoms with E-state index in [1.807, 2.05) is 0 Å². The van der Waals surface area contributed by atoms with Gasteiger partial charge in [-0.1, -0.05) is 23.7 Å². The fourth-order valence-electron chi connectivity index (χ4n) is 4.06. The van der Waals surface area contributed by atoms with Crippen molar-refractivity contribution < 1.29 is 35.6 Å². The average molecular weight is 602 g/mol. The molecule has 0 saturated carbocycles. The summed E-state index contributed by atoms with van der Waals surface area (Å²) in [5, 5.41) is 9.12. The fourth-order valence-corrected chi connectivity index (χ4v) is 7.62. The van der Waals surface area contributed by atoms with Crippen LogP contribution in [0.25, 0.3) is 0 Å². The third kappa shape index (κ3) is 5.00. The highest BCUT2D eigenvalue weighted by Crippen LogP contribution is 2.38. The average Bonchev–Trinajstić information content (AvgIpc) is 2.82. The number of halogens is 2. The van der Waals surface area contributed by atoms with E-state index in [4.69, 9.17) is 21.6 Å². The molecule has 0 radical (unpaired) electrons. The zero-order chi connectivity index (χ0) is 29.4. The first-order valence-corrected chi connectivity index (χ1v) is 14.5. The molecule has 0 unspecified atom stereocenters. The molecule has 0 atom stereocenters. The van der Waals surface area contributed by atoms with Gasteiger partial charge in [0, 0.05) is 19.2 Å². The maximum atomic E-state index is 14.0. The molecule has 2 aliphatic rings. The predicted octanol–water partition coefficient (Wildman–Crippen LogP) is 3.08. The van der Waals surface area contributed by atoms with Gasteiger partial charge in [-0.15, -0.1) is 0 Å². The Kier molecular flexibility index (Phi) is 8.46. The summed E-state index contributed by atoms with van der Waals surface area (Å²) < 4.78 is 70.9. The number of anilines is 2. The largest absolute Gasteiger partial charge is 0.363 e. The highest BCUT2D eigenvalue weighted by molar-refractivity contribution is 7.91. The zero-order valence-electron chi connectivity index (χ0n) is 21.5. The SMILES string of the molecule is CC(C)N1C(=O)c2cccc(Cl)c2N(C#N)S1(=O)=O.COCN1c2c(F)cccc2C(=O)N(C(C)C)S1(=O)=O. The number of para-hydroxylation sites is 2. The Bertz CT molecular complexity index is 1580. The normalized spacial score (nSPS) is 17.4. The van der Waals surface area contributed by atoms with E-state index in [9.17, 15) is 30.8 Å². The number of nitriles is 1. The molecular weight excluding hydrogens is 577 g/mol. The van der Waals surface area contributed by atoms with Crippen LogP contribution in [-0.2, 0) is 25.2 Å². The number of carbonyl (C=O) groups excluding carboxylic acids is 2. The van der Waals surface area contributed by atoms with E-state index in [0.717, 1.165) is 14.7 Å². The first kappa shape index (κ1) is 30.1. The molecule has 210 valence electrons. The van der Waals surface area contributed by atoms with Crippen LogP contribution in [0.15, 0.2) is 36.4 Å². The topological polar surface area (TPSA) is 148 Å². The third-order valence-electron chi connectivity index (χ3n) is 5.57. The van der Waals surface area contributed by atoms with Gasteiger partial charge >= 0.3 is 20.4 Å². The van der Waals surface area contributed by atoms with Gasteiger partial charge in [-0.2, -0.15) is 26.4 Å². The molecule has 39 heavy (non-hydrogen) atoms. The monoisotopic (exact) mass is 601 g/mol. The molecule has 2 aromatic carbocycles. The van der Waals surface area contributed by atoms with Crippen molar-refractivity contribution in [1.82, 2.24) is 8.61 Å². The Hall–Kier alpha value is -3.45. The maximum Gasteiger partial charge on any atom is 0.341 e. The van der Waals surface area contributed by atoms with Crippen molar-refractivity contribution in [3.63, 3.8) is 0 Å². The predicted molar refractivity (Wildman–Crippen MR) is 141 cm³/mol. The lowest BCUT2D eigenvalue weighted by Crippen LogP contribution is -2.54. The van der Waals surface area contributed by atoms with E-state index in [1.54, 1.807) is 33.9 Å². The summed E-state index contributed by atoms with van der Waals surface area (Å²) in [5.74, 6) is -2.19. The van der Waals surface area contributed by atoms with Crippen LogP contribution < -0.4 is 8.61 Å². The molecule has 12 nitrogen and oxygen atoms in total. The van der Waals surface area contributed by atoms with Gasteiger partial charge in [-0.25, -0.2) is 17.3 Å². The second kappa shape index (κ2) is 11.0. The summed E-state index contributed by atoms with van der Waals surface area (Å²) in [4.78, 5) is 24.5. The van der Waals surface area contributed by atoms with Gasteiger partial charge in [0.1, 0.15) is 23.9 Å². The number of ether oxygens (including phenoxy) is 1. The van der Waals surface area contributed by atoms with Crippen LogP contribution in [0.5, 0.6) is 0 Å². The van der Waals surface area contributed by atoms with Crippen LogP contribution >= 0.6 is 11.6 Å². The van der Waals surface area contributed by atoms with Crippen LogP contribution in [0.1, 0.15) is 48.4 Å². The van der Waals surface area contributed by atoms with Gasteiger partial charge in [-0.3, -0.25) is 9.59 Å². The molecule has 0 saturated heterocycles. The lowest BCUT2D eigenvalue weighted by molar-refractivity contribution is 0.0819. The highest BCUT2D eigenvalue weighted by atomic mass is 35.5. The van der Waals surface area contributed by atoms with Gasteiger partial charge in [0.15, 0.2) is 0 Å². The van der Waals surface area contributed by atoms with Gasteiger partial charge in [0.2, 0.25) is 6.19 Å². The molecular formula is C23H25ClFN5O7S2. The lowest BCUT2D eigenvalue weighted by Gasteiger charge is -2.38. The zero-order valence-corrected chi connectivity index (χ0v) is 23.9. The second-order valence-corrected chi connectivity index (χ2v) is 12.6. The van der Waals surface area contributed by atoms with E-state index in [-0.39, 0.29) is 34.3 Å². The minimum atomic E-state index is -4.23. The second-order valence-electron chi connectivity index (χ2n) is 8.81. The molecule has 0 aromatic heterocycles. The van der Waals surface area contributed by atoms with Gasteiger partial charge in [0.25, 0.3) is 11.8 Å². The number of nitrogens with zero attached hydrogens (tertiary/aromatic N) is 5. The van der Waals surface area contributed by atoms with E-state index in [2.05, 4.69) is 0 Å². The van der Waals surface area contributed by atoms with Crippen molar-refractivity contribution in [3.8, 4) is 6.19 Å². The van der Waals surface area contributed by atoms with E-state index < -0.39 is 50.1 Å². The van der Waals surface area contributed by atoms with Crippen LogP contribution in [0.4, 0.5) is 15.8 Å². The fraction of sp³-hybridized carbons (Fsp3) is 0.348. The van der Waals surface area contributed by atoms with Gasteiger partial charge in [0.05, 0.1) is 16.1 Å². The minimum Gasteiger partial charge on any atom is -0.363 e. The first-order valence-electron chi connectivity index (χ1n) is 11.4. The molecule has 0 spiro atoms.